The summed E-state index contributed by atoms with van der Waals surface area (Å²) >= 11 is 0. The van der Waals surface area contributed by atoms with Crippen molar-refractivity contribution in [3.05, 3.63) is 244 Å². The van der Waals surface area contributed by atoms with E-state index in [1.165, 1.54) is 33.4 Å². The fourth-order valence-electron chi connectivity index (χ4n) is 8.66. The van der Waals surface area contributed by atoms with E-state index in [4.69, 9.17) is 47.6 Å². The Kier molecular flexibility index (Phi) is 21.2. The minimum Gasteiger partial charge on any atom is -0.493 e. The molecule has 0 saturated carbocycles. The summed E-state index contributed by atoms with van der Waals surface area (Å²) in [7, 11) is 5.60. The number of nitrogens with zero attached hydrogens (tertiary/aromatic N) is 4. The van der Waals surface area contributed by atoms with Crippen LogP contribution in [-0.2, 0) is 26.4 Å². The lowest BCUT2D eigenvalue weighted by Gasteiger charge is -2.26. The smallest absolute Gasteiger partial charge is 0.187 e. The summed E-state index contributed by atoms with van der Waals surface area (Å²) in [5.41, 5.74) is 18.7. The molecule has 11 heteroatoms. The zero-order valence-corrected chi connectivity index (χ0v) is 44.8. The summed E-state index contributed by atoms with van der Waals surface area (Å²) < 4.78 is 30.2. The van der Waals surface area contributed by atoms with E-state index in [1.54, 1.807) is 19.2 Å². The van der Waals surface area contributed by atoms with Crippen LogP contribution in [0.3, 0.4) is 0 Å². The number of methoxy groups -OCH3 is 1. The molecule has 9 rings (SSSR count). The van der Waals surface area contributed by atoms with Crippen LogP contribution in [0.25, 0.3) is 31.9 Å². The molecule has 0 unspecified atom stereocenters. The van der Waals surface area contributed by atoms with Gasteiger partial charge in [0.1, 0.15) is 49.5 Å². The molecule has 1 aliphatic heterocycles. The van der Waals surface area contributed by atoms with Gasteiger partial charge < -0.3 is 39.6 Å². The molecule has 0 radical (unpaired) electrons. The molecule has 0 aliphatic carbocycles. The van der Waals surface area contributed by atoms with E-state index in [0.717, 1.165) is 84.2 Å². The maximum Gasteiger partial charge on any atom is 0.187 e. The van der Waals surface area contributed by atoms with Crippen molar-refractivity contribution in [1.82, 2.24) is 10.2 Å². The molecule has 0 amide bonds. The average molecular weight is 1030 g/mol. The fraction of sp³-hybridized carbons (Fsp3) is 0.227. The van der Waals surface area contributed by atoms with E-state index in [0.29, 0.717) is 55.1 Å². The van der Waals surface area contributed by atoms with Gasteiger partial charge in [-0.3, -0.25) is 4.99 Å². The number of hydrogen-bond acceptors (Lipinski definition) is 9. The van der Waals surface area contributed by atoms with Gasteiger partial charge >= 0.3 is 0 Å². The van der Waals surface area contributed by atoms with Crippen LogP contribution in [0.2, 0.25) is 0 Å². The lowest BCUT2D eigenvalue weighted by Crippen LogP contribution is -2.33. The Hall–Kier alpha value is -8.87. The maximum absolute atomic E-state index is 7.30. The molecule has 0 aromatic heterocycles. The molecular weight excluding hydrogens is 957 g/mol. The first kappa shape index (κ1) is 55.9. The van der Waals surface area contributed by atoms with Crippen molar-refractivity contribution >= 4 is 17.2 Å². The summed E-state index contributed by atoms with van der Waals surface area (Å²) in [6.07, 6.45) is 2.12. The molecule has 77 heavy (non-hydrogen) atoms. The molecule has 0 bridgehead atoms. The topological polar surface area (TPSA) is 109 Å². The Morgan fingerprint density at radius 2 is 1.08 bits per heavy atom. The third kappa shape index (κ3) is 16.1. The monoisotopic (exact) mass is 1020 g/mol. The van der Waals surface area contributed by atoms with Crippen molar-refractivity contribution in [2.24, 2.45) is 10.7 Å². The van der Waals surface area contributed by atoms with Gasteiger partial charge in [0.2, 0.25) is 0 Å². The van der Waals surface area contributed by atoms with Crippen LogP contribution in [0.4, 0.5) is 11.4 Å². The molecule has 0 atom stereocenters. The minimum absolute atomic E-state index is 0.335. The van der Waals surface area contributed by atoms with E-state index >= 15 is 0 Å². The highest BCUT2D eigenvalue weighted by atomic mass is 16.5. The maximum atomic E-state index is 7.30. The average Bonchev–Trinajstić information content (AvgIpc) is 3.48. The summed E-state index contributed by atoms with van der Waals surface area (Å²) in [6, 6.07) is 59.9. The van der Waals surface area contributed by atoms with Gasteiger partial charge in [0.25, 0.3) is 0 Å². The van der Waals surface area contributed by atoms with Gasteiger partial charge in [-0.05, 0) is 139 Å². The number of rotatable bonds is 19. The molecule has 1 heterocycles. The molecular formula is C66H68N6O5. The molecule has 392 valence electrons. The van der Waals surface area contributed by atoms with E-state index < -0.39 is 0 Å². The van der Waals surface area contributed by atoms with Crippen LogP contribution in [0.1, 0.15) is 51.8 Å². The van der Waals surface area contributed by atoms with Crippen LogP contribution < -0.4 is 34.7 Å². The number of aliphatic imine (C=N–C) groups is 1. The van der Waals surface area contributed by atoms with Crippen LogP contribution in [0.5, 0.6) is 28.7 Å². The summed E-state index contributed by atoms with van der Waals surface area (Å²) in [5.74, 6) is 4.31. The van der Waals surface area contributed by atoms with E-state index in [1.807, 2.05) is 92.0 Å². The van der Waals surface area contributed by atoms with Crippen LogP contribution >= 0.6 is 0 Å². The second-order valence-electron chi connectivity index (χ2n) is 18.3. The van der Waals surface area contributed by atoms with Crippen molar-refractivity contribution in [2.45, 2.75) is 53.1 Å². The van der Waals surface area contributed by atoms with Crippen molar-refractivity contribution in [2.75, 3.05) is 47.4 Å². The number of hydrogen-bond donors (Lipinski definition) is 2. The van der Waals surface area contributed by atoms with Gasteiger partial charge in [-0.2, -0.15) is 0 Å². The van der Waals surface area contributed by atoms with Gasteiger partial charge in [-0.1, -0.05) is 133 Å². The van der Waals surface area contributed by atoms with Gasteiger partial charge in [0.15, 0.2) is 22.9 Å². The first-order chi connectivity index (χ1) is 37.7. The summed E-state index contributed by atoms with van der Waals surface area (Å²) in [5, 5.41) is 2.99. The lowest BCUT2D eigenvalue weighted by atomic mass is 9.97. The molecule has 0 fully saturated rings. The third-order valence-electron chi connectivity index (χ3n) is 13.0. The van der Waals surface area contributed by atoms with Crippen molar-refractivity contribution in [3.8, 4) is 51.0 Å². The second-order valence-corrected chi connectivity index (χ2v) is 18.3. The van der Waals surface area contributed by atoms with Crippen molar-refractivity contribution in [1.29, 1.82) is 0 Å². The summed E-state index contributed by atoms with van der Waals surface area (Å²) in [4.78, 5) is 14.0. The zero-order chi connectivity index (χ0) is 54.2. The number of nitrogens with one attached hydrogen (secondary N) is 1. The Labute approximate surface area is 455 Å². The SMILES string of the molecule is CNCCCN.[C-]#[N+]c1cccc(COc2cc(OCc3cccc(-c4ccccc4)c3C)ccc2C2=NCCCN2C)c1.[C-]#[N+]c1cccc(COc2cc(OCc3cccc(-c4ccccc4)c3C)ccc2OC)c1. The molecule has 8 aromatic rings. The fourth-order valence-corrected chi connectivity index (χ4v) is 8.66. The van der Waals surface area contributed by atoms with E-state index in [-0.39, 0.29) is 0 Å². The first-order valence-corrected chi connectivity index (χ1v) is 25.9. The zero-order valence-electron chi connectivity index (χ0n) is 44.8. The largest absolute Gasteiger partial charge is 0.493 e. The molecule has 1 aliphatic rings. The number of benzene rings is 8. The van der Waals surface area contributed by atoms with Crippen molar-refractivity contribution in [3.63, 3.8) is 0 Å². The van der Waals surface area contributed by atoms with Gasteiger partial charge in [-0.15, -0.1) is 0 Å². The predicted octanol–water partition coefficient (Wildman–Crippen LogP) is 14.4. The van der Waals surface area contributed by atoms with Gasteiger partial charge in [0, 0.05) is 32.3 Å². The predicted molar refractivity (Wildman–Crippen MR) is 312 cm³/mol. The minimum atomic E-state index is 0.335. The highest BCUT2D eigenvalue weighted by Gasteiger charge is 2.19. The highest BCUT2D eigenvalue weighted by molar-refractivity contribution is 6.01. The number of ether oxygens (including phenoxy) is 5. The van der Waals surface area contributed by atoms with Gasteiger partial charge in [-0.25, -0.2) is 9.69 Å². The molecule has 3 N–H and O–H groups in total. The van der Waals surface area contributed by atoms with E-state index in [2.05, 4.69) is 126 Å². The summed E-state index contributed by atoms with van der Waals surface area (Å²) in [6.45, 7) is 23.9. The highest BCUT2D eigenvalue weighted by Crippen LogP contribution is 2.35. The third-order valence-corrected chi connectivity index (χ3v) is 13.0. The van der Waals surface area contributed by atoms with Crippen LogP contribution in [0.15, 0.2) is 187 Å². The normalized spacial score (nSPS) is 11.5. The molecule has 11 nitrogen and oxygen atoms in total. The molecule has 0 spiro atoms. The Morgan fingerprint density at radius 3 is 1.57 bits per heavy atom. The Morgan fingerprint density at radius 1 is 0.558 bits per heavy atom. The standard InChI is InChI=1S/C33H31N3O2.C29H25NO3.C4H12N2/c1-24-27(13-8-15-30(24)26-11-5-4-6-12-26)23-37-29-16-17-31(33-35-18-9-19-36(33)3)32(21-29)38-22-25-10-7-14-28(20-25)34-2;1-21-24(12-8-14-27(21)23-10-5-4-6-11-23)20-32-26-15-16-28(31-3)29(18-26)33-19-22-9-7-13-25(17-22)30-2;1-6-4-2-3-5/h4-8,10-17,20-21H,9,18-19,22-23H2,1,3H3;4-18H,19-20H2,1,3H3;6H,2-5H2,1H3. The lowest BCUT2D eigenvalue weighted by molar-refractivity contribution is 0.274. The van der Waals surface area contributed by atoms with Crippen molar-refractivity contribution < 1.29 is 23.7 Å². The van der Waals surface area contributed by atoms with E-state index in [9.17, 15) is 0 Å². The first-order valence-electron chi connectivity index (χ1n) is 25.9. The number of nitrogens with two attached hydrogens (primary N) is 1. The Bertz CT molecular complexity index is 3270. The van der Waals surface area contributed by atoms with Crippen LogP contribution in [0, 0.1) is 27.0 Å². The molecule has 8 aromatic carbocycles. The number of amidine groups is 1. The molecule has 0 saturated heterocycles. The van der Waals surface area contributed by atoms with Crippen LogP contribution in [-0.4, -0.2) is 58.1 Å². The quantitative estimate of drug-likeness (QED) is 0.0609. The Balaban J connectivity index is 0.000000204. The second kappa shape index (κ2) is 29.3. The van der Waals surface area contributed by atoms with Gasteiger partial charge in [0.05, 0.1) is 25.8 Å².